The largest absolute Gasteiger partial charge is 0.490 e. The second-order valence-electron chi connectivity index (χ2n) is 7.40. The number of alkyl carbamates (subject to hydrolysis) is 1. The molecule has 0 aliphatic rings. The fourth-order valence-electron chi connectivity index (χ4n) is 2.36. The zero-order valence-corrected chi connectivity index (χ0v) is 17.7. The van der Waals surface area contributed by atoms with E-state index in [9.17, 15) is 4.79 Å². The normalized spacial score (nSPS) is 12.8. The van der Waals surface area contributed by atoms with Crippen LogP contribution < -0.4 is 20.7 Å². The number of nitrogens with zero attached hydrogens (tertiary/aromatic N) is 2. The van der Waals surface area contributed by atoms with Gasteiger partial charge in [0.05, 0.1) is 12.7 Å². The summed E-state index contributed by atoms with van der Waals surface area (Å²) in [6.45, 7) is 9.22. The van der Waals surface area contributed by atoms with Crippen LogP contribution in [0.3, 0.4) is 0 Å². The van der Waals surface area contributed by atoms with Crippen molar-refractivity contribution in [2.24, 2.45) is 4.99 Å². The second kappa shape index (κ2) is 12.8. The zero-order chi connectivity index (χ0) is 20.8. The topological polar surface area (TPSA) is 96.9 Å². The zero-order valence-electron chi connectivity index (χ0n) is 17.7. The Bertz CT molecular complexity index is 587. The van der Waals surface area contributed by atoms with Crippen LogP contribution >= 0.6 is 0 Å². The van der Waals surface area contributed by atoms with Crippen LogP contribution in [0.5, 0.6) is 5.75 Å². The van der Waals surface area contributed by atoms with Gasteiger partial charge in [-0.2, -0.15) is 0 Å². The van der Waals surface area contributed by atoms with Gasteiger partial charge in [0.15, 0.2) is 5.96 Å². The summed E-state index contributed by atoms with van der Waals surface area (Å²) in [6, 6.07) is 3.75. The number of ether oxygens (including phenoxy) is 2. The lowest BCUT2D eigenvalue weighted by Gasteiger charge is -2.24. The van der Waals surface area contributed by atoms with Gasteiger partial charge in [0.25, 0.3) is 0 Å². The molecule has 0 bridgehead atoms. The number of amides is 1. The fraction of sp³-hybridized carbons (Fsp3) is 0.650. The average molecular weight is 394 g/mol. The summed E-state index contributed by atoms with van der Waals surface area (Å²) >= 11 is 0. The maximum Gasteiger partial charge on any atom is 0.407 e. The first-order valence-electron chi connectivity index (χ1n) is 9.81. The van der Waals surface area contributed by atoms with Gasteiger partial charge in [0, 0.05) is 25.8 Å². The Morgan fingerprint density at radius 1 is 1.32 bits per heavy atom. The summed E-state index contributed by atoms with van der Waals surface area (Å²) in [5.74, 6) is 1.40. The molecule has 1 atom stereocenters. The Balaban J connectivity index is 2.42. The Labute approximate surface area is 168 Å². The number of aliphatic imine (C=N–C) groups is 1. The SMILES string of the molecule is CCCCC(CNC(=O)OC(C)(C)C)NC(=NC)NCCOc1cccnc1. The standard InChI is InChI=1S/C20H35N5O3/c1-6-7-9-16(14-24-19(26)28-20(2,3)4)25-18(21-5)23-12-13-27-17-10-8-11-22-15-17/h8,10-11,15-16H,6-7,9,12-14H2,1-5H3,(H,24,26)(H2,21,23,25). The van der Waals surface area contributed by atoms with Crippen LogP contribution in [-0.2, 0) is 4.74 Å². The van der Waals surface area contributed by atoms with E-state index >= 15 is 0 Å². The number of carbonyl (C=O) groups is 1. The van der Waals surface area contributed by atoms with E-state index in [1.807, 2.05) is 32.9 Å². The van der Waals surface area contributed by atoms with Crippen molar-refractivity contribution >= 4 is 12.1 Å². The predicted octanol–water partition coefficient (Wildman–Crippen LogP) is 2.71. The van der Waals surface area contributed by atoms with Crippen molar-refractivity contribution < 1.29 is 14.3 Å². The highest BCUT2D eigenvalue weighted by atomic mass is 16.6. The fourth-order valence-corrected chi connectivity index (χ4v) is 2.36. The van der Waals surface area contributed by atoms with Crippen molar-refractivity contribution in [2.75, 3.05) is 26.7 Å². The Morgan fingerprint density at radius 3 is 2.71 bits per heavy atom. The van der Waals surface area contributed by atoms with Gasteiger partial charge < -0.3 is 25.4 Å². The number of pyridine rings is 1. The highest BCUT2D eigenvalue weighted by molar-refractivity contribution is 5.80. The van der Waals surface area contributed by atoms with Gasteiger partial charge in [0.1, 0.15) is 18.0 Å². The molecule has 0 fully saturated rings. The summed E-state index contributed by atoms with van der Waals surface area (Å²) in [6.07, 6.45) is 6.02. The highest BCUT2D eigenvalue weighted by Gasteiger charge is 2.18. The van der Waals surface area contributed by atoms with Crippen molar-refractivity contribution in [3.8, 4) is 5.75 Å². The summed E-state index contributed by atoms with van der Waals surface area (Å²) in [5.41, 5.74) is -0.512. The molecule has 1 rings (SSSR count). The van der Waals surface area contributed by atoms with Crippen LogP contribution in [0.2, 0.25) is 0 Å². The summed E-state index contributed by atoms with van der Waals surface area (Å²) in [4.78, 5) is 20.2. The third kappa shape index (κ3) is 11.3. The van der Waals surface area contributed by atoms with Crippen molar-refractivity contribution in [3.05, 3.63) is 24.5 Å². The third-order valence-electron chi connectivity index (χ3n) is 3.66. The molecule has 0 saturated carbocycles. The summed E-state index contributed by atoms with van der Waals surface area (Å²) in [5, 5.41) is 9.41. The monoisotopic (exact) mass is 393 g/mol. The second-order valence-corrected chi connectivity index (χ2v) is 7.40. The molecule has 1 heterocycles. The maximum atomic E-state index is 11.9. The van der Waals surface area contributed by atoms with E-state index < -0.39 is 11.7 Å². The van der Waals surface area contributed by atoms with Gasteiger partial charge in [0.2, 0.25) is 0 Å². The average Bonchev–Trinajstić information content (AvgIpc) is 2.65. The number of unbranched alkanes of at least 4 members (excludes halogenated alkanes) is 1. The number of aromatic nitrogens is 1. The molecule has 8 heteroatoms. The molecule has 1 unspecified atom stereocenters. The number of hydrogen-bond donors (Lipinski definition) is 3. The Morgan fingerprint density at radius 2 is 2.11 bits per heavy atom. The Kier molecular flexibility index (Phi) is 10.8. The minimum Gasteiger partial charge on any atom is -0.490 e. The molecule has 0 saturated heterocycles. The van der Waals surface area contributed by atoms with Crippen molar-refractivity contribution in [1.82, 2.24) is 20.9 Å². The summed E-state index contributed by atoms with van der Waals surface area (Å²) in [7, 11) is 1.72. The van der Waals surface area contributed by atoms with Crippen LogP contribution in [0, 0.1) is 0 Å². The van der Waals surface area contributed by atoms with Gasteiger partial charge in [-0.3, -0.25) is 9.98 Å². The number of nitrogens with one attached hydrogen (secondary N) is 3. The third-order valence-corrected chi connectivity index (χ3v) is 3.66. The van der Waals surface area contributed by atoms with Crippen LogP contribution in [0.1, 0.15) is 47.0 Å². The van der Waals surface area contributed by atoms with E-state index in [1.54, 1.807) is 19.4 Å². The van der Waals surface area contributed by atoms with Crippen LogP contribution in [0.4, 0.5) is 4.79 Å². The molecule has 8 nitrogen and oxygen atoms in total. The number of hydrogen-bond acceptors (Lipinski definition) is 5. The van der Waals surface area contributed by atoms with Gasteiger partial charge in [-0.05, 0) is 39.3 Å². The van der Waals surface area contributed by atoms with Gasteiger partial charge in [-0.1, -0.05) is 19.8 Å². The lowest BCUT2D eigenvalue weighted by molar-refractivity contribution is 0.0523. The van der Waals surface area contributed by atoms with Gasteiger partial charge >= 0.3 is 6.09 Å². The van der Waals surface area contributed by atoms with Crippen molar-refractivity contribution in [3.63, 3.8) is 0 Å². The molecule has 1 amide bonds. The lowest BCUT2D eigenvalue weighted by Crippen LogP contribution is -2.49. The van der Waals surface area contributed by atoms with E-state index in [0.717, 1.165) is 25.0 Å². The highest BCUT2D eigenvalue weighted by Crippen LogP contribution is 2.07. The summed E-state index contributed by atoms with van der Waals surface area (Å²) < 4.78 is 10.9. The van der Waals surface area contributed by atoms with Crippen LogP contribution in [0.25, 0.3) is 0 Å². The quantitative estimate of drug-likeness (QED) is 0.321. The molecule has 0 aliphatic carbocycles. The van der Waals surface area contributed by atoms with E-state index in [-0.39, 0.29) is 6.04 Å². The first-order valence-corrected chi connectivity index (χ1v) is 9.81. The number of rotatable bonds is 10. The van der Waals surface area contributed by atoms with Crippen LogP contribution in [0.15, 0.2) is 29.5 Å². The molecular weight excluding hydrogens is 358 g/mol. The lowest BCUT2D eigenvalue weighted by atomic mass is 10.1. The van der Waals surface area contributed by atoms with Gasteiger partial charge in [-0.15, -0.1) is 0 Å². The van der Waals surface area contributed by atoms with E-state index in [1.165, 1.54) is 0 Å². The van der Waals surface area contributed by atoms with E-state index in [0.29, 0.717) is 25.7 Å². The first kappa shape index (κ1) is 23.5. The number of carbonyl (C=O) groups excluding carboxylic acids is 1. The molecule has 0 aromatic carbocycles. The predicted molar refractivity (Wildman–Crippen MR) is 112 cm³/mol. The minimum absolute atomic E-state index is 0.0536. The molecule has 0 aliphatic heterocycles. The van der Waals surface area contributed by atoms with E-state index in [2.05, 4.69) is 32.9 Å². The van der Waals surface area contributed by atoms with Crippen LogP contribution in [-0.4, -0.2) is 55.4 Å². The van der Waals surface area contributed by atoms with Crippen molar-refractivity contribution in [1.29, 1.82) is 0 Å². The molecule has 1 aromatic heterocycles. The first-order chi connectivity index (χ1) is 13.3. The molecule has 28 heavy (non-hydrogen) atoms. The molecular formula is C20H35N5O3. The molecule has 1 aromatic rings. The number of guanidine groups is 1. The maximum absolute atomic E-state index is 11.9. The molecule has 158 valence electrons. The smallest absolute Gasteiger partial charge is 0.407 e. The van der Waals surface area contributed by atoms with E-state index in [4.69, 9.17) is 9.47 Å². The molecule has 0 spiro atoms. The van der Waals surface area contributed by atoms with Crippen molar-refractivity contribution in [2.45, 2.75) is 58.6 Å². The molecule has 3 N–H and O–H groups in total. The minimum atomic E-state index is -0.512. The van der Waals surface area contributed by atoms with Gasteiger partial charge in [-0.25, -0.2) is 4.79 Å². The molecule has 0 radical (unpaired) electrons. The Hall–Kier alpha value is -2.51.